The van der Waals surface area contributed by atoms with Gasteiger partial charge in [0.1, 0.15) is 0 Å². The van der Waals surface area contributed by atoms with Gasteiger partial charge >= 0.3 is 6.03 Å². The molecule has 1 aromatic rings. The maximum absolute atomic E-state index is 11.8. The van der Waals surface area contributed by atoms with Gasteiger partial charge in [-0.05, 0) is 12.1 Å². The minimum absolute atomic E-state index is 0.0425. The van der Waals surface area contributed by atoms with Gasteiger partial charge in [-0.1, -0.05) is 18.2 Å². The summed E-state index contributed by atoms with van der Waals surface area (Å²) in [7, 11) is 0. The normalized spacial score (nSPS) is 14.4. The SMILES string of the molecule is O=C1CN(C(=O)CNC(=O)Nc2ccccc2)CCN1. The monoisotopic (exact) mass is 276 g/mol. The van der Waals surface area contributed by atoms with Gasteiger partial charge in [0, 0.05) is 18.8 Å². The summed E-state index contributed by atoms with van der Waals surface area (Å²) in [6.45, 7) is 0.820. The van der Waals surface area contributed by atoms with Gasteiger partial charge in [-0.25, -0.2) is 4.79 Å². The third-order valence-corrected chi connectivity index (χ3v) is 2.82. The lowest BCUT2D eigenvalue weighted by molar-refractivity contribution is -0.137. The van der Waals surface area contributed by atoms with Crippen LogP contribution in [0.2, 0.25) is 0 Å². The second kappa shape index (κ2) is 6.55. The number of rotatable bonds is 3. The van der Waals surface area contributed by atoms with E-state index in [1.54, 1.807) is 24.3 Å². The minimum Gasteiger partial charge on any atom is -0.353 e. The molecule has 20 heavy (non-hydrogen) atoms. The van der Waals surface area contributed by atoms with Crippen LogP contribution < -0.4 is 16.0 Å². The van der Waals surface area contributed by atoms with Gasteiger partial charge in [-0.15, -0.1) is 0 Å². The Balaban J connectivity index is 1.75. The first-order valence-corrected chi connectivity index (χ1v) is 6.29. The zero-order valence-electron chi connectivity index (χ0n) is 10.9. The molecule has 0 aromatic heterocycles. The third kappa shape index (κ3) is 3.98. The number of nitrogens with one attached hydrogen (secondary N) is 3. The maximum Gasteiger partial charge on any atom is 0.319 e. The lowest BCUT2D eigenvalue weighted by Crippen LogP contribution is -2.52. The number of amides is 4. The molecule has 7 heteroatoms. The number of urea groups is 1. The Labute approximate surface area is 116 Å². The molecule has 1 aliphatic heterocycles. The first-order valence-electron chi connectivity index (χ1n) is 6.29. The molecule has 1 aromatic carbocycles. The van der Waals surface area contributed by atoms with Crippen molar-refractivity contribution in [1.29, 1.82) is 0 Å². The number of hydrogen-bond donors (Lipinski definition) is 3. The first-order chi connectivity index (χ1) is 9.65. The quantitative estimate of drug-likeness (QED) is 0.712. The van der Waals surface area contributed by atoms with E-state index in [-0.39, 0.29) is 24.9 Å². The van der Waals surface area contributed by atoms with E-state index in [0.29, 0.717) is 18.8 Å². The Hall–Kier alpha value is -2.57. The number of hydrogen-bond acceptors (Lipinski definition) is 3. The summed E-state index contributed by atoms with van der Waals surface area (Å²) >= 11 is 0. The molecule has 1 heterocycles. The molecule has 4 amide bonds. The highest BCUT2D eigenvalue weighted by molar-refractivity contribution is 5.93. The third-order valence-electron chi connectivity index (χ3n) is 2.82. The van der Waals surface area contributed by atoms with Crippen molar-refractivity contribution in [3.05, 3.63) is 30.3 Å². The number of carbonyl (C=O) groups excluding carboxylic acids is 3. The predicted octanol–water partition coefficient (Wildman–Crippen LogP) is -0.234. The number of anilines is 1. The zero-order valence-corrected chi connectivity index (χ0v) is 10.9. The smallest absolute Gasteiger partial charge is 0.319 e. The largest absolute Gasteiger partial charge is 0.353 e. The van der Waals surface area contributed by atoms with Crippen molar-refractivity contribution in [3.63, 3.8) is 0 Å². The predicted molar refractivity (Wildman–Crippen MR) is 73.1 cm³/mol. The molecule has 1 aliphatic rings. The summed E-state index contributed by atoms with van der Waals surface area (Å²) in [5.74, 6) is -0.457. The lowest BCUT2D eigenvalue weighted by Gasteiger charge is -2.26. The zero-order chi connectivity index (χ0) is 14.4. The fraction of sp³-hybridized carbons (Fsp3) is 0.308. The molecule has 0 atom stereocenters. The van der Waals surface area contributed by atoms with Crippen molar-refractivity contribution in [2.45, 2.75) is 0 Å². The van der Waals surface area contributed by atoms with Gasteiger partial charge in [0.05, 0.1) is 13.1 Å². The average Bonchev–Trinajstić information content (AvgIpc) is 2.46. The van der Waals surface area contributed by atoms with Crippen LogP contribution in [0, 0.1) is 0 Å². The number of benzene rings is 1. The van der Waals surface area contributed by atoms with Gasteiger partial charge in [0.2, 0.25) is 11.8 Å². The summed E-state index contributed by atoms with van der Waals surface area (Å²) in [6.07, 6.45) is 0. The van der Waals surface area contributed by atoms with E-state index in [1.165, 1.54) is 4.90 Å². The fourth-order valence-corrected chi connectivity index (χ4v) is 1.82. The molecule has 7 nitrogen and oxygen atoms in total. The van der Waals surface area contributed by atoms with Crippen molar-refractivity contribution in [1.82, 2.24) is 15.5 Å². The van der Waals surface area contributed by atoms with E-state index in [0.717, 1.165) is 0 Å². The number of carbonyl (C=O) groups is 3. The average molecular weight is 276 g/mol. The van der Waals surface area contributed by atoms with E-state index in [1.807, 2.05) is 6.07 Å². The molecule has 0 saturated carbocycles. The van der Waals surface area contributed by atoms with Gasteiger partial charge < -0.3 is 20.9 Å². The van der Waals surface area contributed by atoms with Crippen LogP contribution in [0.4, 0.5) is 10.5 Å². The summed E-state index contributed by atoms with van der Waals surface area (Å²) in [5.41, 5.74) is 0.648. The van der Waals surface area contributed by atoms with E-state index in [4.69, 9.17) is 0 Å². The van der Waals surface area contributed by atoms with Crippen LogP contribution in [0.3, 0.4) is 0 Å². The Kier molecular flexibility index (Phi) is 4.54. The number of nitrogens with zero attached hydrogens (tertiary/aromatic N) is 1. The first kappa shape index (κ1) is 13.9. The molecule has 1 fully saturated rings. The van der Waals surface area contributed by atoms with E-state index < -0.39 is 6.03 Å². The van der Waals surface area contributed by atoms with E-state index >= 15 is 0 Å². The summed E-state index contributed by atoms with van der Waals surface area (Å²) < 4.78 is 0. The van der Waals surface area contributed by atoms with Crippen LogP contribution in [0.1, 0.15) is 0 Å². The van der Waals surface area contributed by atoms with E-state index in [2.05, 4.69) is 16.0 Å². The molecule has 0 aliphatic carbocycles. The number of piperazine rings is 1. The maximum atomic E-state index is 11.8. The second-order valence-electron chi connectivity index (χ2n) is 4.34. The van der Waals surface area contributed by atoms with Crippen LogP contribution in [0.5, 0.6) is 0 Å². The summed E-state index contributed by atoms with van der Waals surface area (Å²) in [5, 5.41) is 7.71. The molecule has 3 N–H and O–H groups in total. The van der Waals surface area contributed by atoms with Crippen LogP contribution in [0.25, 0.3) is 0 Å². The second-order valence-corrected chi connectivity index (χ2v) is 4.34. The lowest BCUT2D eigenvalue weighted by atomic mass is 10.3. The van der Waals surface area contributed by atoms with Gasteiger partial charge in [-0.2, -0.15) is 0 Å². The topological polar surface area (TPSA) is 90.5 Å². The molecule has 1 saturated heterocycles. The Morgan fingerprint density at radius 1 is 1.25 bits per heavy atom. The van der Waals surface area contributed by atoms with Crippen LogP contribution in [-0.4, -0.2) is 48.9 Å². The standard InChI is InChI=1S/C13H16N4O3/c18-11-9-17(7-6-14-11)12(19)8-15-13(20)16-10-4-2-1-3-5-10/h1-5H,6-9H2,(H,14,18)(H2,15,16,20). The van der Waals surface area contributed by atoms with Crippen molar-refractivity contribution >= 4 is 23.5 Å². The van der Waals surface area contributed by atoms with Crippen molar-refractivity contribution < 1.29 is 14.4 Å². The van der Waals surface area contributed by atoms with Crippen LogP contribution in [0.15, 0.2) is 30.3 Å². The van der Waals surface area contributed by atoms with Crippen LogP contribution >= 0.6 is 0 Å². The highest BCUT2D eigenvalue weighted by atomic mass is 16.2. The van der Waals surface area contributed by atoms with Gasteiger partial charge in [-0.3, -0.25) is 9.59 Å². The molecule has 106 valence electrons. The summed E-state index contributed by atoms with van der Waals surface area (Å²) in [6, 6.07) is 8.48. The molecule has 0 spiro atoms. The van der Waals surface area contributed by atoms with Gasteiger partial charge in [0.25, 0.3) is 0 Å². The highest BCUT2D eigenvalue weighted by Gasteiger charge is 2.21. The molecule has 0 radical (unpaired) electrons. The molecule has 0 bridgehead atoms. The molecular formula is C13H16N4O3. The molecule has 2 rings (SSSR count). The van der Waals surface area contributed by atoms with Gasteiger partial charge in [0.15, 0.2) is 0 Å². The fourth-order valence-electron chi connectivity index (χ4n) is 1.82. The highest BCUT2D eigenvalue weighted by Crippen LogP contribution is 2.04. The number of para-hydroxylation sites is 1. The minimum atomic E-state index is -0.453. The van der Waals surface area contributed by atoms with E-state index in [9.17, 15) is 14.4 Å². The molecule has 0 unspecified atom stereocenters. The molecular weight excluding hydrogens is 260 g/mol. The summed E-state index contributed by atoms with van der Waals surface area (Å²) in [4.78, 5) is 36.0. The Morgan fingerprint density at radius 2 is 2.00 bits per heavy atom. The van der Waals surface area contributed by atoms with Crippen molar-refractivity contribution in [2.75, 3.05) is 31.5 Å². The Morgan fingerprint density at radius 3 is 2.70 bits per heavy atom. The van der Waals surface area contributed by atoms with Crippen LogP contribution in [-0.2, 0) is 9.59 Å². The van der Waals surface area contributed by atoms with Crippen molar-refractivity contribution in [2.24, 2.45) is 0 Å². The Bertz CT molecular complexity index is 504. The van der Waals surface area contributed by atoms with Crippen molar-refractivity contribution in [3.8, 4) is 0 Å².